The van der Waals surface area contributed by atoms with E-state index in [2.05, 4.69) is 10.7 Å². The molecule has 0 saturated carbocycles. The maximum Gasteiger partial charge on any atom is 0.344 e. The highest BCUT2D eigenvalue weighted by Gasteiger charge is 2.48. The van der Waals surface area contributed by atoms with E-state index in [-0.39, 0.29) is 18.0 Å². The third-order valence-corrected chi connectivity index (χ3v) is 7.31. The zero-order valence-corrected chi connectivity index (χ0v) is 16.7. The zero-order chi connectivity index (χ0) is 20.5. The Morgan fingerprint density at radius 2 is 1.82 bits per heavy atom. The monoisotopic (exact) mass is 408 g/mol. The summed E-state index contributed by atoms with van der Waals surface area (Å²) >= 11 is 0. The van der Waals surface area contributed by atoms with Gasteiger partial charge in [-0.3, -0.25) is 15.0 Å². The van der Waals surface area contributed by atoms with Gasteiger partial charge in [0.2, 0.25) is 15.9 Å². The highest BCUT2D eigenvalue weighted by Crippen LogP contribution is 2.25. The summed E-state index contributed by atoms with van der Waals surface area (Å²) in [7, 11) is -3.60. The number of urea groups is 1. The quantitative estimate of drug-likeness (QED) is 0.701. The maximum atomic E-state index is 12.7. The Hall–Kier alpha value is -2.46. The van der Waals surface area contributed by atoms with Gasteiger partial charge in [0.05, 0.1) is 4.90 Å². The lowest BCUT2D eigenvalue weighted by atomic mass is 9.97. The molecule has 2 aliphatic rings. The first-order valence-corrected chi connectivity index (χ1v) is 10.7. The van der Waals surface area contributed by atoms with E-state index in [9.17, 15) is 22.8 Å². The Balaban J connectivity index is 1.60. The van der Waals surface area contributed by atoms with E-state index >= 15 is 0 Å². The first kappa shape index (κ1) is 20.3. The van der Waals surface area contributed by atoms with Gasteiger partial charge in [0.25, 0.3) is 5.91 Å². The minimum absolute atomic E-state index is 0.197. The Kier molecular flexibility index (Phi) is 5.44. The van der Waals surface area contributed by atoms with Crippen molar-refractivity contribution in [3.05, 3.63) is 30.3 Å². The van der Waals surface area contributed by atoms with Crippen LogP contribution in [0.4, 0.5) is 4.79 Å². The average Bonchev–Trinajstić information content (AvgIpc) is 2.92. The fourth-order valence-electron chi connectivity index (χ4n) is 3.33. The number of sulfonamides is 1. The number of amides is 4. The number of hydrogen-bond donors (Lipinski definition) is 2. The molecule has 0 aromatic heterocycles. The topological polar surface area (TPSA) is 116 Å². The van der Waals surface area contributed by atoms with Crippen molar-refractivity contribution in [3.8, 4) is 0 Å². The Bertz CT molecular complexity index is 880. The van der Waals surface area contributed by atoms with Crippen LogP contribution in [0.5, 0.6) is 0 Å². The molecule has 2 fully saturated rings. The van der Waals surface area contributed by atoms with Gasteiger partial charge in [0.1, 0.15) is 5.54 Å². The number of nitrogens with zero attached hydrogens (tertiary/aromatic N) is 2. The van der Waals surface area contributed by atoms with E-state index in [0.29, 0.717) is 19.3 Å². The van der Waals surface area contributed by atoms with Crippen LogP contribution >= 0.6 is 0 Å². The third-order valence-electron chi connectivity index (χ3n) is 5.40. The summed E-state index contributed by atoms with van der Waals surface area (Å²) in [6.45, 7) is 3.77. The second kappa shape index (κ2) is 7.51. The summed E-state index contributed by atoms with van der Waals surface area (Å²) in [6.07, 6.45) is 1.03. The van der Waals surface area contributed by atoms with Crippen LogP contribution in [0.1, 0.15) is 33.1 Å². The van der Waals surface area contributed by atoms with E-state index in [1.165, 1.54) is 16.4 Å². The SMILES string of the molecule is CC[C@@]1(C)NC(=O)N(NC(=O)C2CCN(S(=O)(=O)c3ccccc3)CC2)C1=O. The van der Waals surface area contributed by atoms with Crippen molar-refractivity contribution in [2.75, 3.05) is 13.1 Å². The van der Waals surface area contributed by atoms with E-state index < -0.39 is 39.3 Å². The van der Waals surface area contributed by atoms with E-state index in [1.807, 2.05) is 0 Å². The number of hydrogen-bond acceptors (Lipinski definition) is 5. The predicted molar refractivity (Wildman–Crippen MR) is 100 cm³/mol. The molecule has 0 radical (unpaired) electrons. The number of benzene rings is 1. The van der Waals surface area contributed by atoms with Crippen molar-refractivity contribution in [1.82, 2.24) is 20.1 Å². The Morgan fingerprint density at radius 1 is 1.21 bits per heavy atom. The van der Waals surface area contributed by atoms with Gasteiger partial charge in [-0.1, -0.05) is 25.1 Å². The lowest BCUT2D eigenvalue weighted by Crippen LogP contribution is -2.51. The highest BCUT2D eigenvalue weighted by atomic mass is 32.2. The first-order chi connectivity index (χ1) is 13.2. The lowest BCUT2D eigenvalue weighted by Gasteiger charge is -2.31. The Morgan fingerprint density at radius 3 is 2.36 bits per heavy atom. The zero-order valence-electron chi connectivity index (χ0n) is 15.8. The van der Waals surface area contributed by atoms with Gasteiger partial charge in [-0.25, -0.2) is 13.2 Å². The smallest absolute Gasteiger partial charge is 0.322 e. The summed E-state index contributed by atoms with van der Waals surface area (Å²) in [6, 6.07) is 7.48. The molecule has 2 saturated heterocycles. The second-order valence-corrected chi connectivity index (χ2v) is 9.16. The molecule has 152 valence electrons. The van der Waals surface area contributed by atoms with E-state index in [0.717, 1.165) is 5.01 Å². The van der Waals surface area contributed by atoms with Gasteiger partial charge in [-0.2, -0.15) is 9.31 Å². The molecule has 0 unspecified atom stereocenters. The number of rotatable bonds is 5. The van der Waals surface area contributed by atoms with Gasteiger partial charge < -0.3 is 5.32 Å². The summed E-state index contributed by atoms with van der Waals surface area (Å²) < 4.78 is 26.7. The van der Waals surface area contributed by atoms with Crippen molar-refractivity contribution < 1.29 is 22.8 Å². The van der Waals surface area contributed by atoms with Crippen molar-refractivity contribution in [2.24, 2.45) is 5.92 Å². The summed E-state index contributed by atoms with van der Waals surface area (Å²) in [5, 5.41) is 3.29. The van der Waals surface area contributed by atoms with Crippen LogP contribution in [-0.4, -0.2) is 54.2 Å². The minimum atomic E-state index is -3.60. The minimum Gasteiger partial charge on any atom is -0.322 e. The summed E-state index contributed by atoms with van der Waals surface area (Å²) in [5.41, 5.74) is 1.36. The van der Waals surface area contributed by atoms with Crippen LogP contribution in [0.25, 0.3) is 0 Å². The molecule has 2 N–H and O–H groups in total. The fraction of sp³-hybridized carbons (Fsp3) is 0.500. The molecule has 2 aliphatic heterocycles. The van der Waals surface area contributed by atoms with Crippen molar-refractivity contribution >= 4 is 27.9 Å². The molecule has 9 nitrogen and oxygen atoms in total. The number of piperidine rings is 1. The molecule has 0 spiro atoms. The van der Waals surface area contributed by atoms with Crippen LogP contribution in [0, 0.1) is 5.92 Å². The van der Waals surface area contributed by atoms with E-state index in [1.54, 1.807) is 32.0 Å². The molecule has 3 rings (SSSR count). The molecule has 0 aliphatic carbocycles. The number of carbonyl (C=O) groups is 3. The summed E-state index contributed by atoms with van der Waals surface area (Å²) in [5.74, 6) is -1.44. The molecule has 0 bridgehead atoms. The first-order valence-electron chi connectivity index (χ1n) is 9.21. The highest BCUT2D eigenvalue weighted by molar-refractivity contribution is 7.89. The predicted octanol–water partition coefficient (Wildman–Crippen LogP) is 0.839. The molecule has 1 aromatic rings. The normalized spacial score (nSPS) is 24.3. The molecule has 2 heterocycles. The lowest BCUT2D eigenvalue weighted by molar-refractivity contribution is -0.140. The average molecular weight is 408 g/mol. The molecule has 10 heteroatoms. The standard InChI is InChI=1S/C18H24N4O5S/c1-3-18(2)16(24)22(17(25)19-18)20-15(23)13-9-11-21(12-10-13)28(26,27)14-7-5-4-6-8-14/h4-8,13H,3,9-12H2,1-2H3,(H,19,25)(H,20,23)/t18-/m1/s1. The van der Waals surface area contributed by atoms with Gasteiger partial charge in [-0.15, -0.1) is 0 Å². The van der Waals surface area contributed by atoms with Crippen LogP contribution in [0.2, 0.25) is 0 Å². The molecule has 1 aromatic carbocycles. The van der Waals surface area contributed by atoms with Gasteiger partial charge in [0, 0.05) is 19.0 Å². The van der Waals surface area contributed by atoms with E-state index in [4.69, 9.17) is 0 Å². The fourth-order valence-corrected chi connectivity index (χ4v) is 4.82. The third kappa shape index (κ3) is 3.61. The number of hydrazine groups is 1. The number of imide groups is 1. The number of carbonyl (C=O) groups excluding carboxylic acids is 3. The molecule has 4 amide bonds. The summed E-state index contributed by atoms with van der Waals surface area (Å²) in [4.78, 5) is 37.1. The largest absolute Gasteiger partial charge is 0.344 e. The molecular weight excluding hydrogens is 384 g/mol. The van der Waals surface area contributed by atoms with Crippen LogP contribution in [0.15, 0.2) is 35.2 Å². The Labute approximate surface area is 164 Å². The second-order valence-electron chi connectivity index (χ2n) is 7.22. The molecular formula is C18H24N4O5S. The van der Waals surface area contributed by atoms with Crippen LogP contribution in [0.3, 0.4) is 0 Å². The van der Waals surface area contributed by atoms with Gasteiger partial charge in [0.15, 0.2) is 0 Å². The van der Waals surface area contributed by atoms with Crippen molar-refractivity contribution in [1.29, 1.82) is 0 Å². The van der Waals surface area contributed by atoms with Crippen molar-refractivity contribution in [3.63, 3.8) is 0 Å². The maximum absolute atomic E-state index is 12.7. The van der Waals surface area contributed by atoms with Gasteiger partial charge in [-0.05, 0) is 38.3 Å². The number of nitrogens with one attached hydrogen (secondary N) is 2. The van der Waals surface area contributed by atoms with Crippen LogP contribution < -0.4 is 10.7 Å². The van der Waals surface area contributed by atoms with Crippen molar-refractivity contribution in [2.45, 2.75) is 43.5 Å². The van der Waals surface area contributed by atoms with Crippen LogP contribution in [-0.2, 0) is 19.6 Å². The van der Waals surface area contributed by atoms with Gasteiger partial charge >= 0.3 is 6.03 Å². The molecule has 1 atom stereocenters. The molecule has 28 heavy (non-hydrogen) atoms.